The quantitative estimate of drug-likeness (QED) is 0.560. The fourth-order valence-electron chi connectivity index (χ4n) is 3.10. The molecular formula is C17H22AlO6P. The molecule has 0 saturated carbocycles. The van der Waals surface area contributed by atoms with Crippen molar-refractivity contribution in [2.45, 2.75) is 34.1 Å². The third kappa shape index (κ3) is 4.27. The average Bonchev–Trinajstić information content (AvgIpc) is 2.45. The molecule has 1 heterocycles. The Morgan fingerprint density at radius 1 is 0.880 bits per heavy atom. The minimum atomic E-state index is -3.75. The largest absolute Gasteiger partial charge is 0.557 e. The molecule has 134 valence electrons. The van der Waals surface area contributed by atoms with Gasteiger partial charge in [0.1, 0.15) is 11.5 Å². The smallest absolute Gasteiger partial charge is 0.417 e. The number of hydrogen-bond acceptors (Lipinski definition) is 4. The fraction of sp³-hybridized carbons (Fsp3) is 0.294. The third-order valence-corrected chi connectivity index (χ3v) is 5.75. The van der Waals surface area contributed by atoms with Gasteiger partial charge in [0.2, 0.25) is 0 Å². The van der Waals surface area contributed by atoms with Gasteiger partial charge in [-0.25, -0.2) is 4.57 Å². The van der Waals surface area contributed by atoms with Crippen LogP contribution in [0.4, 0.5) is 0 Å². The first-order chi connectivity index (χ1) is 10.8. The van der Waals surface area contributed by atoms with Gasteiger partial charge in [-0.3, -0.25) is 0 Å². The van der Waals surface area contributed by atoms with Crippen molar-refractivity contribution < 1.29 is 28.1 Å². The van der Waals surface area contributed by atoms with Gasteiger partial charge in [-0.2, -0.15) is 0 Å². The first-order valence-corrected chi connectivity index (χ1v) is 9.32. The van der Waals surface area contributed by atoms with Gasteiger partial charge in [0.15, 0.2) is 0 Å². The van der Waals surface area contributed by atoms with Crippen LogP contribution in [-0.4, -0.2) is 27.6 Å². The van der Waals surface area contributed by atoms with Gasteiger partial charge in [-0.15, -0.1) is 0 Å². The van der Waals surface area contributed by atoms with Gasteiger partial charge in [-0.1, -0.05) is 35.4 Å². The predicted molar refractivity (Wildman–Crippen MR) is 97.6 cm³/mol. The zero-order chi connectivity index (χ0) is 16.8. The monoisotopic (exact) mass is 380 g/mol. The summed E-state index contributed by atoms with van der Waals surface area (Å²) in [5.74, 6) is 1.15. The van der Waals surface area contributed by atoms with E-state index in [0.29, 0.717) is 17.9 Å². The number of hydrogen-bond donors (Lipinski definition) is 0. The number of phosphoric acid groups is 1. The van der Waals surface area contributed by atoms with E-state index >= 15 is 0 Å². The van der Waals surface area contributed by atoms with E-state index in [1.807, 2.05) is 56.5 Å². The molecule has 0 aromatic heterocycles. The minimum Gasteiger partial charge on any atom is -0.417 e. The van der Waals surface area contributed by atoms with Gasteiger partial charge < -0.3 is 23.6 Å². The van der Waals surface area contributed by atoms with Crippen molar-refractivity contribution in [2.24, 2.45) is 0 Å². The van der Waals surface area contributed by atoms with Crippen molar-refractivity contribution in [2.75, 3.05) is 0 Å². The summed E-state index contributed by atoms with van der Waals surface area (Å²) in [6.45, 7) is 7.94. The second-order valence-electron chi connectivity index (χ2n) is 6.05. The average molecular weight is 380 g/mol. The van der Waals surface area contributed by atoms with E-state index in [0.717, 1.165) is 33.4 Å². The molecular weight excluding hydrogens is 358 g/mol. The molecule has 2 aromatic rings. The van der Waals surface area contributed by atoms with Crippen LogP contribution in [0, 0.1) is 27.7 Å². The van der Waals surface area contributed by atoms with Gasteiger partial charge >= 0.3 is 24.4 Å². The highest BCUT2D eigenvalue weighted by atomic mass is 31.2. The van der Waals surface area contributed by atoms with Crippen LogP contribution in [0.15, 0.2) is 24.3 Å². The van der Waals surface area contributed by atoms with Crippen molar-refractivity contribution in [1.29, 1.82) is 0 Å². The Hall–Kier alpha value is -1.32. The Morgan fingerprint density at radius 3 is 1.64 bits per heavy atom. The first kappa shape index (κ1) is 21.7. The van der Waals surface area contributed by atoms with Crippen molar-refractivity contribution in [1.82, 2.24) is 0 Å². The molecule has 0 atom stereocenters. The van der Waals surface area contributed by atoms with Crippen LogP contribution in [0.3, 0.4) is 0 Å². The molecule has 0 unspecified atom stereocenters. The number of benzene rings is 2. The summed E-state index contributed by atoms with van der Waals surface area (Å²) < 4.78 is 29.3. The van der Waals surface area contributed by atoms with Crippen LogP contribution in [0.2, 0.25) is 0 Å². The van der Waals surface area contributed by atoms with Crippen LogP contribution in [-0.2, 0) is 14.6 Å². The van der Waals surface area contributed by atoms with Gasteiger partial charge in [0.05, 0.1) is 0 Å². The van der Waals surface area contributed by atoms with Crippen LogP contribution in [0.1, 0.15) is 33.4 Å². The SMILES string of the molecule is Cc1cc(C)c2c(c1)Cc1cc(C)cc(C)c1OP(=O)([O][Al])O2.O.O. The predicted octanol–water partition coefficient (Wildman–Crippen LogP) is 2.84. The molecule has 1 aliphatic rings. The molecule has 0 spiro atoms. The Morgan fingerprint density at radius 2 is 1.28 bits per heavy atom. The molecule has 6 nitrogen and oxygen atoms in total. The normalized spacial score (nSPS) is 14.2. The molecule has 0 fully saturated rings. The molecule has 3 rings (SSSR count). The number of aryl methyl sites for hydroxylation is 4. The molecule has 2 aromatic carbocycles. The first-order valence-electron chi connectivity index (χ1n) is 7.39. The van der Waals surface area contributed by atoms with E-state index in [4.69, 9.17) is 12.6 Å². The van der Waals surface area contributed by atoms with Crippen LogP contribution in [0.25, 0.3) is 0 Å². The molecule has 4 N–H and O–H groups in total. The topological polar surface area (TPSA) is 108 Å². The molecule has 25 heavy (non-hydrogen) atoms. The molecule has 2 radical (unpaired) electrons. The lowest BCUT2D eigenvalue weighted by Crippen LogP contribution is -2.11. The maximum atomic E-state index is 12.9. The van der Waals surface area contributed by atoms with E-state index in [9.17, 15) is 4.57 Å². The van der Waals surface area contributed by atoms with Gasteiger partial charge in [0, 0.05) is 6.42 Å². The summed E-state index contributed by atoms with van der Waals surface area (Å²) >= 11 is 1.99. The molecule has 1 aliphatic heterocycles. The molecule has 0 bridgehead atoms. The van der Waals surface area contributed by atoms with E-state index in [1.54, 1.807) is 0 Å². The lowest BCUT2D eigenvalue weighted by atomic mass is 9.96. The van der Waals surface area contributed by atoms with Crippen LogP contribution >= 0.6 is 7.82 Å². The molecule has 8 heteroatoms. The number of fused-ring (bicyclic) bond motifs is 2. The summed E-state index contributed by atoms with van der Waals surface area (Å²) in [5.41, 5.74) is 6.08. The van der Waals surface area contributed by atoms with Gasteiger partial charge in [0.25, 0.3) is 0 Å². The number of phosphoric ester groups is 1. The zero-order valence-electron chi connectivity index (χ0n) is 14.7. The molecule has 0 aliphatic carbocycles. The van der Waals surface area contributed by atoms with Crippen molar-refractivity contribution in [3.8, 4) is 11.5 Å². The Balaban J connectivity index is 0.00000156. The molecule has 0 saturated heterocycles. The van der Waals surface area contributed by atoms with Crippen LogP contribution < -0.4 is 9.05 Å². The minimum absolute atomic E-state index is 0. The van der Waals surface area contributed by atoms with E-state index in [-0.39, 0.29) is 11.0 Å². The van der Waals surface area contributed by atoms with Gasteiger partial charge in [-0.05, 0) is 49.9 Å². The Bertz CT molecular complexity index is 773. The highest BCUT2D eigenvalue weighted by Gasteiger charge is 2.33. The lowest BCUT2D eigenvalue weighted by Gasteiger charge is -2.27. The standard InChI is InChI=1S/C17H19O4P.Al.2H2O/c1-10-5-12(3)16-14(7-10)9-15-8-11(2)6-13(4)17(15)21-22(18,19)20-16;;;/h5-8H,9H2,1-4H3,(H,18,19);;2*1H2/q;+1;;/p-1. The summed E-state index contributed by atoms with van der Waals surface area (Å²) in [6.07, 6.45) is 0.659. The summed E-state index contributed by atoms with van der Waals surface area (Å²) in [7, 11) is -3.75. The Kier molecular flexibility index (Phi) is 6.89. The summed E-state index contributed by atoms with van der Waals surface area (Å²) in [4.78, 5) is 0. The van der Waals surface area contributed by atoms with E-state index in [1.165, 1.54) is 0 Å². The second-order valence-corrected chi connectivity index (χ2v) is 8.15. The van der Waals surface area contributed by atoms with Crippen LogP contribution in [0.5, 0.6) is 11.5 Å². The maximum absolute atomic E-state index is 12.9. The Labute approximate surface area is 156 Å². The highest BCUT2D eigenvalue weighted by Crippen LogP contribution is 2.53. The molecule has 0 amide bonds. The van der Waals surface area contributed by atoms with E-state index in [2.05, 4.69) is 12.1 Å². The summed E-state index contributed by atoms with van der Waals surface area (Å²) in [6, 6.07) is 8.11. The lowest BCUT2D eigenvalue weighted by molar-refractivity contribution is 0.301. The summed E-state index contributed by atoms with van der Waals surface area (Å²) in [5, 5.41) is 0. The number of rotatable bonds is 1. The van der Waals surface area contributed by atoms with E-state index < -0.39 is 7.82 Å². The van der Waals surface area contributed by atoms with Crippen molar-refractivity contribution in [3.63, 3.8) is 0 Å². The third-order valence-electron chi connectivity index (χ3n) is 3.91. The fourth-order valence-corrected chi connectivity index (χ4v) is 4.45. The highest BCUT2D eigenvalue weighted by molar-refractivity contribution is 7.50. The zero-order valence-corrected chi connectivity index (χ0v) is 16.7. The van der Waals surface area contributed by atoms with Crippen molar-refractivity contribution in [3.05, 3.63) is 57.6 Å². The second kappa shape index (κ2) is 7.92. The van der Waals surface area contributed by atoms with Crippen molar-refractivity contribution >= 4 is 24.4 Å². The maximum Gasteiger partial charge on any atom is 0.557 e.